The van der Waals surface area contributed by atoms with Crippen LogP contribution in [0, 0.1) is 5.41 Å². The lowest BCUT2D eigenvalue weighted by atomic mass is 9.77. The molecule has 1 saturated heterocycles. The van der Waals surface area contributed by atoms with Gasteiger partial charge in [-0.05, 0) is 25.7 Å². The molecule has 0 N–H and O–H groups in total. The van der Waals surface area contributed by atoms with Gasteiger partial charge in [-0.2, -0.15) is 0 Å². The standard InChI is InChI=1S/C11H21NO3S/c1-15-10-5-3-6-11(10)7-4-8-12(9-11)16(2,13)14/h10H,3-9H2,1-2H3/t10-,11+/m1/s1. The molecule has 2 fully saturated rings. The molecule has 1 saturated carbocycles. The van der Waals surface area contributed by atoms with Gasteiger partial charge in [0.05, 0.1) is 12.4 Å². The molecule has 1 aliphatic heterocycles. The van der Waals surface area contributed by atoms with Crippen molar-refractivity contribution in [2.75, 3.05) is 26.5 Å². The molecular weight excluding hydrogens is 226 g/mol. The molecule has 2 atom stereocenters. The summed E-state index contributed by atoms with van der Waals surface area (Å²) in [6.07, 6.45) is 6.98. The first kappa shape index (κ1) is 12.3. The third-order valence-electron chi connectivity index (χ3n) is 4.15. The van der Waals surface area contributed by atoms with E-state index in [1.54, 1.807) is 11.4 Å². The van der Waals surface area contributed by atoms with Crippen LogP contribution in [0.15, 0.2) is 0 Å². The molecule has 16 heavy (non-hydrogen) atoms. The van der Waals surface area contributed by atoms with E-state index in [0.717, 1.165) is 32.1 Å². The van der Waals surface area contributed by atoms with Crippen LogP contribution < -0.4 is 0 Å². The van der Waals surface area contributed by atoms with Crippen LogP contribution in [0.5, 0.6) is 0 Å². The minimum atomic E-state index is -3.04. The largest absolute Gasteiger partial charge is 0.381 e. The minimum absolute atomic E-state index is 0.0933. The summed E-state index contributed by atoms with van der Waals surface area (Å²) in [5.74, 6) is 0. The number of hydrogen-bond donors (Lipinski definition) is 0. The van der Waals surface area contributed by atoms with Gasteiger partial charge in [-0.3, -0.25) is 0 Å². The maximum Gasteiger partial charge on any atom is 0.211 e. The summed E-state index contributed by atoms with van der Waals surface area (Å²) in [6.45, 7) is 1.33. The molecule has 0 unspecified atom stereocenters. The monoisotopic (exact) mass is 247 g/mol. The van der Waals surface area contributed by atoms with Crippen molar-refractivity contribution in [3.63, 3.8) is 0 Å². The van der Waals surface area contributed by atoms with E-state index in [-0.39, 0.29) is 11.5 Å². The van der Waals surface area contributed by atoms with Crippen molar-refractivity contribution in [3.8, 4) is 0 Å². The van der Waals surface area contributed by atoms with E-state index in [4.69, 9.17) is 4.74 Å². The number of piperidine rings is 1. The van der Waals surface area contributed by atoms with E-state index in [9.17, 15) is 8.42 Å². The first-order valence-corrected chi connectivity index (χ1v) is 7.81. The van der Waals surface area contributed by atoms with Crippen molar-refractivity contribution < 1.29 is 13.2 Å². The molecule has 4 nitrogen and oxygen atoms in total. The average Bonchev–Trinajstić information content (AvgIpc) is 2.59. The zero-order valence-corrected chi connectivity index (χ0v) is 10.9. The Morgan fingerprint density at radius 3 is 2.62 bits per heavy atom. The van der Waals surface area contributed by atoms with Gasteiger partial charge in [-0.25, -0.2) is 12.7 Å². The van der Waals surface area contributed by atoms with Crippen molar-refractivity contribution in [2.24, 2.45) is 5.41 Å². The quantitative estimate of drug-likeness (QED) is 0.737. The van der Waals surface area contributed by atoms with Gasteiger partial charge < -0.3 is 4.74 Å². The Morgan fingerprint density at radius 2 is 2.00 bits per heavy atom. The average molecular weight is 247 g/mol. The molecule has 94 valence electrons. The van der Waals surface area contributed by atoms with Gasteiger partial charge in [0.2, 0.25) is 10.0 Å². The van der Waals surface area contributed by atoms with Gasteiger partial charge in [0.1, 0.15) is 0 Å². The Hall–Kier alpha value is -0.130. The fraction of sp³-hybridized carbons (Fsp3) is 1.00. The van der Waals surface area contributed by atoms with Gasteiger partial charge in [-0.1, -0.05) is 6.42 Å². The Bertz CT molecular complexity index is 354. The topological polar surface area (TPSA) is 46.6 Å². The summed E-state index contributed by atoms with van der Waals surface area (Å²) in [5.41, 5.74) is 0.0933. The van der Waals surface area contributed by atoms with Crippen LogP contribution in [0.2, 0.25) is 0 Å². The summed E-state index contributed by atoms with van der Waals surface area (Å²) >= 11 is 0. The molecule has 2 aliphatic rings. The van der Waals surface area contributed by atoms with Gasteiger partial charge in [0.25, 0.3) is 0 Å². The Kier molecular flexibility index (Phi) is 3.29. The van der Waals surface area contributed by atoms with Crippen LogP contribution >= 0.6 is 0 Å². The molecule has 1 aliphatic carbocycles. The molecular formula is C11H21NO3S. The molecule has 0 aromatic rings. The third-order valence-corrected chi connectivity index (χ3v) is 5.40. The summed E-state index contributed by atoms with van der Waals surface area (Å²) in [7, 11) is -1.30. The smallest absolute Gasteiger partial charge is 0.211 e. The second-order valence-electron chi connectivity index (χ2n) is 5.18. The van der Waals surface area contributed by atoms with Gasteiger partial charge in [-0.15, -0.1) is 0 Å². The molecule has 2 rings (SSSR count). The molecule has 1 spiro atoms. The normalized spacial score (nSPS) is 37.0. The van der Waals surface area contributed by atoms with E-state index in [0.29, 0.717) is 13.1 Å². The second kappa shape index (κ2) is 4.27. The number of hydrogen-bond acceptors (Lipinski definition) is 3. The minimum Gasteiger partial charge on any atom is -0.381 e. The van der Waals surface area contributed by atoms with Crippen molar-refractivity contribution in [1.29, 1.82) is 0 Å². The maximum atomic E-state index is 11.6. The fourth-order valence-electron chi connectivity index (χ4n) is 3.34. The summed E-state index contributed by atoms with van der Waals surface area (Å²) in [6, 6.07) is 0. The van der Waals surface area contributed by atoms with Crippen molar-refractivity contribution >= 4 is 10.0 Å². The highest BCUT2D eigenvalue weighted by molar-refractivity contribution is 7.88. The van der Waals surface area contributed by atoms with Crippen LogP contribution in [0.3, 0.4) is 0 Å². The summed E-state index contributed by atoms with van der Waals surface area (Å²) in [5, 5.41) is 0. The molecule has 1 heterocycles. The number of nitrogens with zero attached hydrogens (tertiary/aromatic N) is 1. The van der Waals surface area contributed by atoms with Crippen LogP contribution in [0.4, 0.5) is 0 Å². The Labute approximate surface area is 98.0 Å². The zero-order chi connectivity index (χ0) is 11.8. The van der Waals surface area contributed by atoms with Crippen LogP contribution in [0.1, 0.15) is 32.1 Å². The Morgan fingerprint density at radius 1 is 1.31 bits per heavy atom. The first-order valence-electron chi connectivity index (χ1n) is 5.96. The van der Waals surface area contributed by atoms with Gasteiger partial charge in [0, 0.05) is 25.6 Å². The van der Waals surface area contributed by atoms with Crippen LogP contribution in [-0.4, -0.2) is 45.3 Å². The first-order chi connectivity index (χ1) is 7.48. The molecule has 0 radical (unpaired) electrons. The third kappa shape index (κ3) is 2.13. The maximum absolute atomic E-state index is 11.6. The molecule has 0 bridgehead atoms. The van der Waals surface area contributed by atoms with Gasteiger partial charge >= 0.3 is 0 Å². The van der Waals surface area contributed by atoms with E-state index in [2.05, 4.69) is 0 Å². The number of rotatable bonds is 2. The van der Waals surface area contributed by atoms with Crippen molar-refractivity contribution in [1.82, 2.24) is 4.31 Å². The molecule has 0 amide bonds. The van der Waals surface area contributed by atoms with Crippen LogP contribution in [0.25, 0.3) is 0 Å². The summed E-state index contributed by atoms with van der Waals surface area (Å²) < 4.78 is 30.4. The lowest BCUT2D eigenvalue weighted by Gasteiger charge is -2.42. The highest BCUT2D eigenvalue weighted by Gasteiger charge is 2.47. The zero-order valence-electron chi connectivity index (χ0n) is 10.1. The second-order valence-corrected chi connectivity index (χ2v) is 7.16. The van der Waals surface area contributed by atoms with E-state index in [1.807, 2.05) is 0 Å². The number of ether oxygens (including phenoxy) is 1. The number of methoxy groups -OCH3 is 1. The van der Waals surface area contributed by atoms with Gasteiger partial charge in [0.15, 0.2) is 0 Å². The lowest BCUT2D eigenvalue weighted by Crippen LogP contribution is -2.49. The number of sulfonamides is 1. The predicted octanol–water partition coefficient (Wildman–Crippen LogP) is 1.23. The highest BCUT2D eigenvalue weighted by Crippen LogP contribution is 2.46. The van der Waals surface area contributed by atoms with E-state index in [1.165, 1.54) is 6.26 Å². The lowest BCUT2D eigenvalue weighted by molar-refractivity contribution is -0.0183. The summed E-state index contributed by atoms with van der Waals surface area (Å²) in [4.78, 5) is 0. The Balaban J connectivity index is 2.17. The van der Waals surface area contributed by atoms with E-state index < -0.39 is 10.0 Å². The molecule has 0 aromatic carbocycles. The molecule has 5 heteroatoms. The highest BCUT2D eigenvalue weighted by atomic mass is 32.2. The SMILES string of the molecule is CO[C@@H]1CCC[C@@]12CCCN(S(C)(=O)=O)C2. The van der Waals surface area contributed by atoms with Crippen LogP contribution in [-0.2, 0) is 14.8 Å². The fourth-order valence-corrected chi connectivity index (χ4v) is 4.29. The molecule has 0 aromatic heterocycles. The predicted molar refractivity (Wildman–Crippen MR) is 62.7 cm³/mol. The van der Waals surface area contributed by atoms with Crippen molar-refractivity contribution in [2.45, 2.75) is 38.2 Å². The van der Waals surface area contributed by atoms with E-state index >= 15 is 0 Å². The van der Waals surface area contributed by atoms with Crippen molar-refractivity contribution in [3.05, 3.63) is 0 Å².